The van der Waals surface area contributed by atoms with Gasteiger partial charge in [-0.3, -0.25) is 9.59 Å². The molecule has 0 aliphatic rings. The number of rotatable bonds is 7. The molecular formula is C18H15FN4O2S2. The smallest absolute Gasteiger partial charge is 0.259 e. The number of carbonyl (C=O) groups excluding carboxylic acids is 2. The summed E-state index contributed by atoms with van der Waals surface area (Å²) in [5, 5.41) is 15.7. The summed E-state index contributed by atoms with van der Waals surface area (Å²) >= 11 is 2.82. The fourth-order valence-corrected chi connectivity index (χ4v) is 3.37. The van der Waals surface area contributed by atoms with Crippen molar-refractivity contribution in [3.63, 3.8) is 0 Å². The molecule has 2 N–H and O–H groups in total. The number of amides is 2. The van der Waals surface area contributed by atoms with Crippen molar-refractivity contribution in [2.24, 2.45) is 0 Å². The molecule has 0 aliphatic carbocycles. The standard InChI is InChI=1S/C18H15FN4O2S2/c19-14-6-2-1-5-13(14)18(25)21-15-7-8-17(23-22-15)27-11-16(24)20-10-12-4-3-9-26-12/h1-9H,10-11H2,(H,20,24)(H,21,22,25). The third-order valence-corrected chi connectivity index (χ3v) is 5.19. The Morgan fingerprint density at radius 1 is 1.07 bits per heavy atom. The van der Waals surface area contributed by atoms with Crippen LogP contribution in [0.2, 0.25) is 0 Å². The molecule has 2 heterocycles. The maximum atomic E-state index is 13.6. The summed E-state index contributed by atoms with van der Waals surface area (Å²) in [4.78, 5) is 25.0. The number of halogens is 1. The van der Waals surface area contributed by atoms with Crippen LogP contribution in [0.3, 0.4) is 0 Å². The molecule has 0 spiro atoms. The number of hydrogen-bond acceptors (Lipinski definition) is 6. The molecule has 2 amide bonds. The van der Waals surface area contributed by atoms with Gasteiger partial charge in [0.1, 0.15) is 10.8 Å². The molecule has 1 aromatic carbocycles. The van der Waals surface area contributed by atoms with E-state index in [-0.39, 0.29) is 23.0 Å². The zero-order valence-corrected chi connectivity index (χ0v) is 15.6. The highest BCUT2D eigenvalue weighted by Crippen LogP contribution is 2.16. The highest BCUT2D eigenvalue weighted by atomic mass is 32.2. The van der Waals surface area contributed by atoms with Gasteiger partial charge in [-0.15, -0.1) is 21.5 Å². The summed E-state index contributed by atoms with van der Waals surface area (Å²) in [6.07, 6.45) is 0. The van der Waals surface area contributed by atoms with E-state index in [1.165, 1.54) is 30.0 Å². The largest absolute Gasteiger partial charge is 0.350 e. The monoisotopic (exact) mass is 402 g/mol. The van der Waals surface area contributed by atoms with E-state index < -0.39 is 11.7 Å². The molecule has 27 heavy (non-hydrogen) atoms. The Morgan fingerprint density at radius 3 is 2.63 bits per heavy atom. The van der Waals surface area contributed by atoms with Gasteiger partial charge in [0.2, 0.25) is 5.91 Å². The minimum absolute atomic E-state index is 0.0693. The van der Waals surface area contributed by atoms with E-state index >= 15 is 0 Å². The topological polar surface area (TPSA) is 84.0 Å². The SMILES string of the molecule is O=C(CSc1ccc(NC(=O)c2ccccc2F)nn1)NCc1cccs1. The summed E-state index contributed by atoms with van der Waals surface area (Å²) in [5.41, 5.74) is -0.0693. The van der Waals surface area contributed by atoms with E-state index in [0.29, 0.717) is 11.6 Å². The van der Waals surface area contributed by atoms with E-state index in [1.807, 2.05) is 17.5 Å². The Morgan fingerprint density at radius 2 is 1.93 bits per heavy atom. The zero-order chi connectivity index (χ0) is 19.1. The van der Waals surface area contributed by atoms with Gasteiger partial charge in [0.25, 0.3) is 5.91 Å². The second-order valence-electron chi connectivity index (χ2n) is 5.34. The van der Waals surface area contributed by atoms with Crippen molar-refractivity contribution in [1.29, 1.82) is 0 Å². The first-order valence-corrected chi connectivity index (χ1v) is 9.80. The van der Waals surface area contributed by atoms with Crippen LogP contribution in [0, 0.1) is 5.82 Å². The molecule has 3 aromatic rings. The third kappa shape index (κ3) is 5.60. The summed E-state index contributed by atoms with van der Waals surface area (Å²) in [5.74, 6) is -0.901. The highest BCUT2D eigenvalue weighted by molar-refractivity contribution is 7.99. The van der Waals surface area contributed by atoms with Crippen LogP contribution >= 0.6 is 23.1 Å². The lowest BCUT2D eigenvalue weighted by molar-refractivity contribution is -0.118. The van der Waals surface area contributed by atoms with E-state index in [2.05, 4.69) is 20.8 Å². The van der Waals surface area contributed by atoms with Crippen molar-refractivity contribution < 1.29 is 14.0 Å². The normalized spacial score (nSPS) is 10.4. The summed E-state index contributed by atoms with van der Waals surface area (Å²) < 4.78 is 13.6. The van der Waals surface area contributed by atoms with Crippen LogP contribution in [-0.2, 0) is 11.3 Å². The van der Waals surface area contributed by atoms with E-state index in [9.17, 15) is 14.0 Å². The third-order valence-electron chi connectivity index (χ3n) is 3.39. The lowest BCUT2D eigenvalue weighted by atomic mass is 10.2. The second kappa shape index (κ2) is 9.24. The first kappa shape index (κ1) is 19.0. The number of benzene rings is 1. The molecule has 9 heteroatoms. The number of nitrogens with one attached hydrogen (secondary N) is 2. The molecule has 0 saturated carbocycles. The number of nitrogens with zero attached hydrogens (tertiary/aromatic N) is 2. The lowest BCUT2D eigenvalue weighted by Crippen LogP contribution is -2.24. The van der Waals surface area contributed by atoms with Crippen LogP contribution in [0.1, 0.15) is 15.2 Å². The van der Waals surface area contributed by atoms with Crippen molar-refractivity contribution in [1.82, 2.24) is 15.5 Å². The Kier molecular flexibility index (Phi) is 6.50. The average molecular weight is 402 g/mol. The van der Waals surface area contributed by atoms with Gasteiger partial charge in [0.05, 0.1) is 17.9 Å². The molecular weight excluding hydrogens is 387 g/mol. The fraction of sp³-hybridized carbons (Fsp3) is 0.111. The molecule has 0 bridgehead atoms. The summed E-state index contributed by atoms with van der Waals surface area (Å²) in [6.45, 7) is 0.504. The number of thiophene rings is 1. The summed E-state index contributed by atoms with van der Waals surface area (Å²) in [7, 11) is 0. The van der Waals surface area contributed by atoms with E-state index in [1.54, 1.807) is 29.5 Å². The predicted octanol–water partition coefficient (Wildman–Crippen LogP) is 3.34. The molecule has 0 saturated heterocycles. The Hall–Kier alpha value is -2.78. The average Bonchev–Trinajstić information content (AvgIpc) is 3.20. The fourth-order valence-electron chi connectivity index (χ4n) is 2.08. The van der Waals surface area contributed by atoms with Gasteiger partial charge < -0.3 is 10.6 Å². The molecule has 0 radical (unpaired) electrons. The Bertz CT molecular complexity index is 917. The first-order chi connectivity index (χ1) is 13.1. The van der Waals surface area contributed by atoms with Crippen LogP contribution in [0.4, 0.5) is 10.2 Å². The van der Waals surface area contributed by atoms with Crippen molar-refractivity contribution >= 4 is 40.7 Å². The van der Waals surface area contributed by atoms with E-state index in [0.717, 1.165) is 4.88 Å². The van der Waals surface area contributed by atoms with E-state index in [4.69, 9.17) is 0 Å². The van der Waals surface area contributed by atoms with Crippen molar-refractivity contribution in [2.75, 3.05) is 11.1 Å². The number of hydrogen-bond donors (Lipinski definition) is 2. The molecule has 0 aliphatic heterocycles. The van der Waals surface area contributed by atoms with Gasteiger partial charge in [-0.25, -0.2) is 4.39 Å². The molecule has 0 atom stereocenters. The van der Waals surface area contributed by atoms with Crippen LogP contribution < -0.4 is 10.6 Å². The van der Waals surface area contributed by atoms with Crippen molar-refractivity contribution in [2.45, 2.75) is 11.6 Å². The van der Waals surface area contributed by atoms with Gasteiger partial charge in [-0.2, -0.15) is 0 Å². The molecule has 3 rings (SSSR count). The second-order valence-corrected chi connectivity index (χ2v) is 7.36. The first-order valence-electron chi connectivity index (χ1n) is 7.93. The molecule has 0 unspecified atom stereocenters. The number of thioether (sulfide) groups is 1. The van der Waals surface area contributed by atoms with Crippen LogP contribution in [0.25, 0.3) is 0 Å². The van der Waals surface area contributed by atoms with Crippen molar-refractivity contribution in [3.05, 3.63) is 70.2 Å². The van der Waals surface area contributed by atoms with Crippen LogP contribution in [0.15, 0.2) is 58.9 Å². The highest BCUT2D eigenvalue weighted by Gasteiger charge is 2.12. The number of carbonyl (C=O) groups is 2. The maximum Gasteiger partial charge on any atom is 0.259 e. The molecule has 138 valence electrons. The minimum Gasteiger partial charge on any atom is -0.350 e. The maximum absolute atomic E-state index is 13.6. The lowest BCUT2D eigenvalue weighted by Gasteiger charge is -2.06. The van der Waals surface area contributed by atoms with Crippen LogP contribution in [-0.4, -0.2) is 27.8 Å². The van der Waals surface area contributed by atoms with Gasteiger partial charge in [0, 0.05) is 4.88 Å². The Balaban J connectivity index is 1.47. The minimum atomic E-state index is -0.608. The van der Waals surface area contributed by atoms with Crippen LogP contribution in [0.5, 0.6) is 0 Å². The van der Waals surface area contributed by atoms with Gasteiger partial charge in [-0.1, -0.05) is 30.0 Å². The quantitative estimate of drug-likeness (QED) is 0.592. The van der Waals surface area contributed by atoms with Gasteiger partial charge in [0.15, 0.2) is 5.82 Å². The molecule has 2 aromatic heterocycles. The zero-order valence-electron chi connectivity index (χ0n) is 14.0. The predicted molar refractivity (Wildman–Crippen MR) is 103 cm³/mol. The summed E-state index contributed by atoms with van der Waals surface area (Å²) in [6, 6.07) is 12.8. The molecule has 6 nitrogen and oxygen atoms in total. The van der Waals surface area contributed by atoms with Gasteiger partial charge >= 0.3 is 0 Å². The van der Waals surface area contributed by atoms with Crippen molar-refractivity contribution in [3.8, 4) is 0 Å². The number of aromatic nitrogens is 2. The number of anilines is 1. The van der Waals surface area contributed by atoms with Gasteiger partial charge in [-0.05, 0) is 35.7 Å². The molecule has 0 fully saturated rings. The Labute approximate surface area is 163 Å².